The lowest BCUT2D eigenvalue weighted by molar-refractivity contribution is -0.0350. The molecule has 1 aliphatic carbocycles. The van der Waals surface area contributed by atoms with E-state index in [-0.39, 0.29) is 12.1 Å². The van der Waals surface area contributed by atoms with Crippen LogP contribution in [-0.2, 0) is 14.2 Å². The lowest BCUT2D eigenvalue weighted by Gasteiger charge is -2.35. The van der Waals surface area contributed by atoms with E-state index in [1.165, 1.54) is 6.42 Å². The molecule has 0 aromatic carbocycles. The van der Waals surface area contributed by atoms with Crippen LogP contribution >= 0.6 is 0 Å². The Morgan fingerprint density at radius 1 is 1.11 bits per heavy atom. The molecule has 0 bridgehead atoms. The van der Waals surface area contributed by atoms with Crippen molar-refractivity contribution in [3.05, 3.63) is 0 Å². The zero-order valence-electron chi connectivity index (χ0n) is 12.8. The molecular formula is C15H31NO3. The third-order valence-electron chi connectivity index (χ3n) is 4.02. The third-order valence-corrected chi connectivity index (χ3v) is 4.02. The highest BCUT2D eigenvalue weighted by molar-refractivity contribution is 4.84. The lowest BCUT2D eigenvalue weighted by Crippen LogP contribution is -2.43. The maximum atomic E-state index is 6.14. The van der Waals surface area contributed by atoms with Crippen molar-refractivity contribution < 1.29 is 14.2 Å². The maximum absolute atomic E-state index is 6.14. The van der Waals surface area contributed by atoms with Crippen LogP contribution in [0.4, 0.5) is 0 Å². The molecule has 0 aliphatic heterocycles. The topological polar surface area (TPSA) is 53.7 Å². The average molecular weight is 273 g/mol. The van der Waals surface area contributed by atoms with Gasteiger partial charge >= 0.3 is 0 Å². The molecule has 3 unspecified atom stereocenters. The molecule has 0 radical (unpaired) electrons. The normalized spacial score (nSPS) is 27.9. The summed E-state index contributed by atoms with van der Waals surface area (Å²) in [6, 6.07) is 0.198. The van der Waals surface area contributed by atoms with Gasteiger partial charge in [0, 0.05) is 26.4 Å². The van der Waals surface area contributed by atoms with Gasteiger partial charge in [-0.2, -0.15) is 0 Å². The van der Waals surface area contributed by atoms with Gasteiger partial charge in [0.15, 0.2) is 0 Å². The highest BCUT2D eigenvalue weighted by Crippen LogP contribution is 2.30. The van der Waals surface area contributed by atoms with Crippen molar-refractivity contribution in [3.8, 4) is 0 Å². The molecule has 4 heteroatoms. The molecule has 4 nitrogen and oxygen atoms in total. The standard InChI is InChI=1S/C15H31NO3/c1-12(2)13-5-6-14(16)15(11-13)19-10-9-18-8-4-7-17-3/h12-15H,4-11,16H2,1-3H3. The molecule has 1 aliphatic rings. The summed E-state index contributed by atoms with van der Waals surface area (Å²) < 4.78 is 16.4. The van der Waals surface area contributed by atoms with E-state index in [1.54, 1.807) is 7.11 Å². The minimum Gasteiger partial charge on any atom is -0.385 e. The van der Waals surface area contributed by atoms with E-state index in [0.29, 0.717) is 13.2 Å². The molecule has 114 valence electrons. The first-order valence-electron chi connectivity index (χ1n) is 7.59. The second-order valence-corrected chi connectivity index (χ2v) is 5.85. The zero-order valence-corrected chi connectivity index (χ0v) is 12.8. The van der Waals surface area contributed by atoms with Gasteiger partial charge in [-0.25, -0.2) is 0 Å². The smallest absolute Gasteiger partial charge is 0.0729 e. The fourth-order valence-electron chi connectivity index (χ4n) is 2.65. The van der Waals surface area contributed by atoms with Crippen molar-refractivity contribution in [3.63, 3.8) is 0 Å². The monoisotopic (exact) mass is 273 g/mol. The fraction of sp³-hybridized carbons (Fsp3) is 1.00. The van der Waals surface area contributed by atoms with Gasteiger partial charge in [-0.15, -0.1) is 0 Å². The first-order chi connectivity index (χ1) is 9.15. The van der Waals surface area contributed by atoms with Crippen molar-refractivity contribution in [1.29, 1.82) is 0 Å². The Morgan fingerprint density at radius 2 is 1.89 bits per heavy atom. The molecule has 3 atom stereocenters. The molecule has 1 rings (SSSR count). The zero-order chi connectivity index (χ0) is 14.1. The number of nitrogens with two attached hydrogens (primary N) is 1. The van der Waals surface area contributed by atoms with Crippen molar-refractivity contribution in [2.45, 2.75) is 51.7 Å². The molecule has 0 aromatic rings. The Labute approximate surface area is 118 Å². The summed E-state index contributed by atoms with van der Waals surface area (Å²) in [7, 11) is 1.71. The van der Waals surface area contributed by atoms with Crippen LogP contribution in [0.25, 0.3) is 0 Å². The second kappa shape index (κ2) is 9.70. The molecule has 1 fully saturated rings. The number of hydrogen-bond donors (Lipinski definition) is 1. The van der Waals surface area contributed by atoms with Gasteiger partial charge in [0.2, 0.25) is 0 Å². The van der Waals surface area contributed by atoms with Crippen LogP contribution in [0.15, 0.2) is 0 Å². The molecule has 0 heterocycles. The van der Waals surface area contributed by atoms with Gasteiger partial charge in [0.1, 0.15) is 0 Å². The molecule has 0 amide bonds. The SMILES string of the molecule is COCCCOCCOC1CC(C(C)C)CCC1N. The summed E-state index contributed by atoms with van der Waals surface area (Å²) in [5.41, 5.74) is 6.14. The summed E-state index contributed by atoms with van der Waals surface area (Å²) in [5, 5.41) is 0. The van der Waals surface area contributed by atoms with Crippen LogP contribution in [0, 0.1) is 11.8 Å². The number of rotatable bonds is 9. The molecule has 2 N–H and O–H groups in total. The van der Waals surface area contributed by atoms with Crippen molar-refractivity contribution in [2.24, 2.45) is 17.6 Å². The molecular weight excluding hydrogens is 242 g/mol. The van der Waals surface area contributed by atoms with E-state index in [4.69, 9.17) is 19.9 Å². The predicted molar refractivity (Wildman–Crippen MR) is 77.2 cm³/mol. The van der Waals surface area contributed by atoms with Crippen LogP contribution in [0.1, 0.15) is 39.5 Å². The Hall–Kier alpha value is -0.160. The molecule has 1 saturated carbocycles. The first kappa shape index (κ1) is 16.9. The van der Waals surface area contributed by atoms with Crippen molar-refractivity contribution >= 4 is 0 Å². The summed E-state index contributed by atoms with van der Waals surface area (Å²) in [4.78, 5) is 0. The second-order valence-electron chi connectivity index (χ2n) is 5.85. The van der Waals surface area contributed by atoms with Gasteiger partial charge < -0.3 is 19.9 Å². The van der Waals surface area contributed by atoms with E-state index in [1.807, 2.05) is 0 Å². The van der Waals surface area contributed by atoms with Crippen LogP contribution in [0.2, 0.25) is 0 Å². The quantitative estimate of drug-likeness (QED) is 0.654. The number of methoxy groups -OCH3 is 1. The van der Waals surface area contributed by atoms with Crippen LogP contribution < -0.4 is 5.73 Å². The predicted octanol–water partition coefficient (Wildman–Crippen LogP) is 2.21. The van der Waals surface area contributed by atoms with Crippen LogP contribution in [0.5, 0.6) is 0 Å². The van der Waals surface area contributed by atoms with E-state index < -0.39 is 0 Å². The number of ether oxygens (including phenoxy) is 3. The van der Waals surface area contributed by atoms with E-state index in [0.717, 1.165) is 44.3 Å². The average Bonchev–Trinajstić information content (AvgIpc) is 2.39. The van der Waals surface area contributed by atoms with Crippen LogP contribution in [0.3, 0.4) is 0 Å². The van der Waals surface area contributed by atoms with Gasteiger partial charge in [-0.3, -0.25) is 0 Å². The Bertz CT molecular complexity index is 223. The van der Waals surface area contributed by atoms with Crippen molar-refractivity contribution in [2.75, 3.05) is 33.5 Å². The van der Waals surface area contributed by atoms with E-state index >= 15 is 0 Å². The molecule has 0 saturated heterocycles. The summed E-state index contributed by atoms with van der Waals surface area (Å²) >= 11 is 0. The van der Waals surface area contributed by atoms with Crippen LogP contribution in [-0.4, -0.2) is 45.7 Å². The minimum absolute atomic E-state index is 0.198. The summed E-state index contributed by atoms with van der Waals surface area (Å²) in [6.07, 6.45) is 4.58. The largest absolute Gasteiger partial charge is 0.385 e. The molecule has 0 aromatic heterocycles. The van der Waals surface area contributed by atoms with Gasteiger partial charge in [0.05, 0.1) is 19.3 Å². The lowest BCUT2D eigenvalue weighted by atomic mass is 9.78. The van der Waals surface area contributed by atoms with Gasteiger partial charge in [-0.1, -0.05) is 13.8 Å². The van der Waals surface area contributed by atoms with E-state index in [9.17, 15) is 0 Å². The third kappa shape index (κ3) is 6.70. The Morgan fingerprint density at radius 3 is 2.58 bits per heavy atom. The highest BCUT2D eigenvalue weighted by atomic mass is 16.5. The summed E-state index contributed by atoms with van der Waals surface area (Å²) in [6.45, 7) is 7.37. The van der Waals surface area contributed by atoms with Gasteiger partial charge in [-0.05, 0) is 37.5 Å². The Kier molecular flexibility index (Phi) is 8.62. The number of hydrogen-bond acceptors (Lipinski definition) is 4. The molecule has 19 heavy (non-hydrogen) atoms. The highest BCUT2D eigenvalue weighted by Gasteiger charge is 2.30. The van der Waals surface area contributed by atoms with E-state index in [2.05, 4.69) is 13.8 Å². The first-order valence-corrected chi connectivity index (χ1v) is 7.59. The Balaban J connectivity index is 2.09. The minimum atomic E-state index is 0.198. The van der Waals surface area contributed by atoms with Crippen molar-refractivity contribution in [1.82, 2.24) is 0 Å². The maximum Gasteiger partial charge on any atom is 0.0729 e. The summed E-state index contributed by atoms with van der Waals surface area (Å²) in [5.74, 6) is 1.48. The molecule has 0 spiro atoms. The van der Waals surface area contributed by atoms with Gasteiger partial charge in [0.25, 0.3) is 0 Å². The fourth-order valence-corrected chi connectivity index (χ4v) is 2.65.